The van der Waals surface area contributed by atoms with Crippen LogP contribution in [0.25, 0.3) is 0 Å². The summed E-state index contributed by atoms with van der Waals surface area (Å²) in [6.07, 6.45) is -3.75. The smallest absolute Gasteiger partial charge is 0.416 e. The van der Waals surface area contributed by atoms with E-state index in [0.29, 0.717) is 31.4 Å². The van der Waals surface area contributed by atoms with Crippen molar-refractivity contribution in [1.82, 2.24) is 5.01 Å². The number of rotatable bonds is 8. The Morgan fingerprint density at radius 3 is 2.40 bits per heavy atom. The first-order valence-corrected chi connectivity index (χ1v) is 12.9. The Labute approximate surface area is 227 Å². The number of aliphatic hydroxyl groups excluding tert-OH is 1. The molecule has 5 rings (SSSR count). The highest BCUT2D eigenvalue weighted by Crippen LogP contribution is 2.48. The highest BCUT2D eigenvalue weighted by molar-refractivity contribution is 6.06. The summed E-state index contributed by atoms with van der Waals surface area (Å²) in [6.45, 7) is -0.245. The van der Waals surface area contributed by atoms with Gasteiger partial charge in [-0.2, -0.15) is 13.2 Å². The lowest BCUT2D eigenvalue weighted by atomic mass is 9.96. The number of ether oxygens (including phenoxy) is 1. The van der Waals surface area contributed by atoms with E-state index in [1.165, 1.54) is 47.5 Å². The number of nitrogens with two attached hydrogens (primary N) is 1. The molecular formula is C29H28F5N3O3. The third-order valence-electron chi connectivity index (χ3n) is 7.33. The maximum Gasteiger partial charge on any atom is 0.416 e. The third kappa shape index (κ3) is 6.11. The summed E-state index contributed by atoms with van der Waals surface area (Å²) in [4.78, 5) is 13.4. The molecule has 0 aromatic heterocycles. The molecule has 0 spiro atoms. The largest absolute Gasteiger partial charge is 0.457 e. The van der Waals surface area contributed by atoms with Gasteiger partial charge in [0.2, 0.25) is 0 Å². The molecule has 6 nitrogen and oxygen atoms in total. The number of halogens is 5. The monoisotopic (exact) mass is 561 g/mol. The Balaban J connectivity index is 1.46. The zero-order valence-corrected chi connectivity index (χ0v) is 21.3. The lowest BCUT2D eigenvalue weighted by molar-refractivity contribution is -0.138. The van der Waals surface area contributed by atoms with Crippen molar-refractivity contribution < 1.29 is 36.6 Å². The fraction of sp³-hybridized carbons (Fsp3) is 0.345. The second-order valence-electron chi connectivity index (χ2n) is 10.3. The van der Waals surface area contributed by atoms with Gasteiger partial charge in [0.25, 0.3) is 5.91 Å². The number of nitrogens with zero attached hydrogens (tertiary/aromatic N) is 1. The number of carbonyl (C=O) groups is 1. The van der Waals surface area contributed by atoms with Gasteiger partial charge in [0.15, 0.2) is 0 Å². The van der Waals surface area contributed by atoms with Crippen LogP contribution in [-0.2, 0) is 19.3 Å². The van der Waals surface area contributed by atoms with Crippen LogP contribution in [0.15, 0.2) is 54.6 Å². The normalized spacial score (nSPS) is 19.6. The van der Waals surface area contributed by atoms with Crippen LogP contribution in [0.1, 0.15) is 57.8 Å². The van der Waals surface area contributed by atoms with E-state index in [-0.39, 0.29) is 52.1 Å². The van der Waals surface area contributed by atoms with Gasteiger partial charge in [0.1, 0.15) is 30.2 Å². The highest BCUT2D eigenvalue weighted by atomic mass is 19.4. The molecule has 212 valence electrons. The van der Waals surface area contributed by atoms with Crippen molar-refractivity contribution in [2.24, 2.45) is 11.8 Å². The van der Waals surface area contributed by atoms with Crippen molar-refractivity contribution >= 4 is 11.6 Å². The fourth-order valence-electron chi connectivity index (χ4n) is 4.97. The minimum atomic E-state index is -4.70. The summed E-state index contributed by atoms with van der Waals surface area (Å²) in [6, 6.07) is 11.8. The van der Waals surface area contributed by atoms with Crippen molar-refractivity contribution in [3.8, 4) is 11.5 Å². The van der Waals surface area contributed by atoms with Gasteiger partial charge in [0.05, 0.1) is 11.1 Å². The summed E-state index contributed by atoms with van der Waals surface area (Å²) >= 11 is 0. The average Bonchev–Trinajstić information content (AvgIpc) is 3.72. The number of anilines is 1. The number of hydrogen-bond donors (Lipinski definition) is 3. The highest BCUT2D eigenvalue weighted by Gasteiger charge is 2.40. The van der Waals surface area contributed by atoms with Gasteiger partial charge in [0, 0.05) is 18.2 Å². The minimum absolute atomic E-state index is 0.0487. The second-order valence-corrected chi connectivity index (χ2v) is 10.3. The second kappa shape index (κ2) is 11.1. The molecule has 0 radical (unpaired) electrons. The molecule has 1 heterocycles. The third-order valence-corrected chi connectivity index (χ3v) is 7.33. The predicted molar refractivity (Wildman–Crippen MR) is 138 cm³/mol. The number of aliphatic hydroxyl groups is 1. The van der Waals surface area contributed by atoms with Crippen LogP contribution in [0.5, 0.6) is 11.5 Å². The van der Waals surface area contributed by atoms with E-state index in [0.717, 1.165) is 12.1 Å². The molecule has 2 aliphatic rings. The van der Waals surface area contributed by atoms with Gasteiger partial charge in [-0.05, 0) is 90.8 Å². The van der Waals surface area contributed by atoms with E-state index in [9.17, 15) is 31.9 Å². The molecule has 3 aromatic rings. The maximum atomic E-state index is 14.6. The number of amides is 1. The molecule has 40 heavy (non-hydrogen) atoms. The first-order valence-electron chi connectivity index (χ1n) is 12.9. The lowest BCUT2D eigenvalue weighted by Gasteiger charge is -2.20. The number of alkyl halides is 4. The van der Waals surface area contributed by atoms with Gasteiger partial charge >= 0.3 is 6.18 Å². The fourth-order valence-corrected chi connectivity index (χ4v) is 4.97. The Kier molecular flexibility index (Phi) is 7.80. The Bertz CT molecular complexity index is 1390. The minimum Gasteiger partial charge on any atom is -0.457 e. The van der Waals surface area contributed by atoms with Crippen molar-refractivity contribution in [3.05, 3.63) is 88.2 Å². The van der Waals surface area contributed by atoms with Crippen molar-refractivity contribution in [1.29, 1.82) is 0 Å². The van der Waals surface area contributed by atoms with Crippen LogP contribution in [0, 0.1) is 11.7 Å². The van der Waals surface area contributed by atoms with E-state index >= 15 is 0 Å². The van der Waals surface area contributed by atoms with Gasteiger partial charge in [-0.25, -0.2) is 13.8 Å². The number of hydrazine groups is 1. The topological polar surface area (TPSA) is 87.8 Å². The summed E-state index contributed by atoms with van der Waals surface area (Å²) in [7, 11) is 0. The predicted octanol–water partition coefficient (Wildman–Crippen LogP) is 6.29. The number of carbonyl (C=O) groups excluding carboxylic acids is 1. The van der Waals surface area contributed by atoms with Crippen LogP contribution in [0.3, 0.4) is 0 Å². The molecular weight excluding hydrogens is 533 g/mol. The zero-order valence-electron chi connectivity index (χ0n) is 21.3. The van der Waals surface area contributed by atoms with E-state index in [2.05, 4.69) is 5.32 Å². The molecule has 2 unspecified atom stereocenters. The van der Waals surface area contributed by atoms with Crippen molar-refractivity contribution in [3.63, 3.8) is 0 Å². The number of hydrogen-bond acceptors (Lipinski definition) is 5. The number of benzene rings is 3. The molecule has 1 aliphatic heterocycles. The van der Waals surface area contributed by atoms with Gasteiger partial charge in [-0.15, -0.1) is 0 Å². The molecule has 1 aliphatic carbocycles. The zero-order chi connectivity index (χ0) is 28.6. The molecule has 0 bridgehead atoms. The standard InChI is InChI=1S/C29H28F5N3O3/c30-15-16-1-6-21(7-2-16)40-26-14-22(17-3-4-17)24(29(32,33)34)13-23(26)27(38)36-20-5-8-25(31)19(12-20)11-18-9-10-37(35)28(18)39/h1-2,5-8,12-14,17-18,28,39H,3-4,9-11,15,35H2,(H,36,38). The van der Waals surface area contributed by atoms with Crippen molar-refractivity contribution in [2.75, 3.05) is 11.9 Å². The summed E-state index contributed by atoms with van der Waals surface area (Å²) < 4.78 is 75.4. The molecule has 11 heteroatoms. The van der Waals surface area contributed by atoms with Gasteiger partial charge < -0.3 is 15.2 Å². The SMILES string of the molecule is NN1CCC(Cc2cc(NC(=O)c3cc(C(F)(F)F)c(C4CC4)cc3Oc3ccc(CF)cc3)ccc2F)C1O. The quantitative estimate of drug-likeness (QED) is 0.222. The van der Waals surface area contributed by atoms with E-state index in [4.69, 9.17) is 10.6 Å². The van der Waals surface area contributed by atoms with Gasteiger partial charge in [-0.1, -0.05) is 12.1 Å². The van der Waals surface area contributed by atoms with Crippen LogP contribution >= 0.6 is 0 Å². The first-order chi connectivity index (χ1) is 19.0. The lowest BCUT2D eigenvalue weighted by Crippen LogP contribution is -2.38. The number of nitrogens with one attached hydrogen (secondary N) is 1. The molecule has 1 saturated heterocycles. The summed E-state index contributed by atoms with van der Waals surface area (Å²) in [5.74, 6) is 3.80. The van der Waals surface area contributed by atoms with E-state index in [1.807, 2.05) is 0 Å². The molecule has 3 aromatic carbocycles. The van der Waals surface area contributed by atoms with Crippen LogP contribution < -0.4 is 15.9 Å². The molecule has 4 N–H and O–H groups in total. The van der Waals surface area contributed by atoms with Crippen molar-refractivity contribution in [2.45, 2.75) is 50.7 Å². The van der Waals surface area contributed by atoms with Crippen LogP contribution in [0.4, 0.5) is 27.6 Å². The summed E-state index contributed by atoms with van der Waals surface area (Å²) in [5.41, 5.74) is -0.442. The first kappa shape index (κ1) is 28.0. The van der Waals surface area contributed by atoms with E-state index in [1.54, 1.807) is 0 Å². The molecule has 2 fully saturated rings. The maximum absolute atomic E-state index is 14.6. The summed E-state index contributed by atoms with van der Waals surface area (Å²) in [5, 5.41) is 14.0. The molecule has 1 amide bonds. The Morgan fingerprint density at radius 2 is 1.80 bits per heavy atom. The molecule has 2 atom stereocenters. The molecule has 1 saturated carbocycles. The van der Waals surface area contributed by atoms with E-state index < -0.39 is 36.4 Å². The average molecular weight is 562 g/mol. The van der Waals surface area contributed by atoms with Crippen LogP contribution in [0.2, 0.25) is 0 Å². The Morgan fingerprint density at radius 1 is 1.07 bits per heavy atom. The van der Waals surface area contributed by atoms with Crippen LogP contribution in [-0.4, -0.2) is 28.8 Å². The Hall–Kier alpha value is -3.54. The van der Waals surface area contributed by atoms with Gasteiger partial charge in [-0.3, -0.25) is 10.6 Å².